The number of halogens is 1. The van der Waals surface area contributed by atoms with Crippen LogP contribution in [0.1, 0.15) is 30.3 Å². The lowest BCUT2D eigenvalue weighted by Crippen LogP contribution is -2.47. The normalized spacial score (nSPS) is 13.9. The summed E-state index contributed by atoms with van der Waals surface area (Å²) in [6.45, 7) is 7.82. The molecule has 3 rings (SSSR count). The van der Waals surface area contributed by atoms with E-state index in [-0.39, 0.29) is 18.1 Å². The van der Waals surface area contributed by atoms with Crippen molar-refractivity contribution >= 4 is 35.1 Å². The summed E-state index contributed by atoms with van der Waals surface area (Å²) in [4.78, 5) is 37.1. The second-order valence-electron chi connectivity index (χ2n) is 8.22. The monoisotopic (exact) mass is 503 g/mol. The van der Waals surface area contributed by atoms with E-state index >= 15 is 0 Å². The van der Waals surface area contributed by atoms with Crippen LogP contribution in [0.3, 0.4) is 0 Å². The van der Waals surface area contributed by atoms with E-state index in [1.807, 2.05) is 25.1 Å². The molecule has 0 spiro atoms. The molecule has 1 fully saturated rings. The summed E-state index contributed by atoms with van der Waals surface area (Å²) in [5, 5.41) is 9.17. The maximum Gasteiger partial charge on any atom is 0.270 e. The van der Waals surface area contributed by atoms with E-state index in [9.17, 15) is 9.59 Å². The van der Waals surface area contributed by atoms with Gasteiger partial charge in [-0.2, -0.15) is 0 Å². The van der Waals surface area contributed by atoms with Crippen molar-refractivity contribution in [2.24, 2.45) is 0 Å². The number of nitrogens with one attached hydrogen (secondary N) is 3. The molecule has 35 heavy (non-hydrogen) atoms. The molecule has 1 aromatic heterocycles. The van der Waals surface area contributed by atoms with Gasteiger partial charge < -0.3 is 25.6 Å². The van der Waals surface area contributed by atoms with Gasteiger partial charge in [0.25, 0.3) is 5.91 Å². The fourth-order valence-corrected chi connectivity index (χ4v) is 3.94. The van der Waals surface area contributed by atoms with Crippen LogP contribution in [0.5, 0.6) is 5.75 Å². The van der Waals surface area contributed by atoms with Crippen LogP contribution in [0.2, 0.25) is 5.02 Å². The van der Waals surface area contributed by atoms with E-state index in [2.05, 4.69) is 35.7 Å². The molecule has 1 saturated heterocycles. The Hall–Kier alpha value is -3.11. The fraction of sp³-hybridized carbons (Fsp3) is 0.500. The quantitative estimate of drug-likeness (QED) is 0.377. The topological polar surface area (TPSA) is 112 Å². The maximum absolute atomic E-state index is 12.3. The molecule has 0 bridgehead atoms. The number of piperazine rings is 1. The van der Waals surface area contributed by atoms with Crippen LogP contribution < -0.4 is 25.6 Å². The molecule has 0 radical (unpaired) electrons. The lowest BCUT2D eigenvalue weighted by molar-refractivity contribution is -0.120. The summed E-state index contributed by atoms with van der Waals surface area (Å²) in [6.07, 6.45) is 3.29. The standard InChI is InChI=1S/C24H34ClN7O3/c1-3-8-26-22(33)17-29-23(34)19-7-10-28-24(30-19)27-9-4-11-31-12-14-32(15-13-31)20-16-18(25)5-6-21(20)35-2/h5-7,10,16H,3-4,8-9,11-15,17H2,1-2H3,(H,26,33)(H,29,34)(H,27,28,30). The van der Waals surface area contributed by atoms with Gasteiger partial charge >= 0.3 is 0 Å². The predicted octanol–water partition coefficient (Wildman–Crippen LogP) is 2.02. The number of ether oxygens (including phenoxy) is 1. The highest BCUT2D eigenvalue weighted by atomic mass is 35.5. The SMILES string of the molecule is CCCNC(=O)CNC(=O)c1ccnc(NCCCN2CCN(c3cc(Cl)ccc3OC)CC2)n1. The molecular formula is C24H34ClN7O3. The van der Waals surface area contributed by atoms with Crippen molar-refractivity contribution in [3.05, 3.63) is 41.2 Å². The molecule has 1 aliphatic heterocycles. The minimum atomic E-state index is -0.406. The number of methoxy groups -OCH3 is 1. The molecular weight excluding hydrogens is 470 g/mol. The summed E-state index contributed by atoms with van der Waals surface area (Å²) < 4.78 is 5.49. The first-order valence-corrected chi connectivity index (χ1v) is 12.3. The highest BCUT2D eigenvalue weighted by Gasteiger charge is 2.20. The van der Waals surface area contributed by atoms with Gasteiger partial charge in [-0.25, -0.2) is 9.97 Å². The van der Waals surface area contributed by atoms with Crippen LogP contribution >= 0.6 is 11.6 Å². The third-order valence-electron chi connectivity index (χ3n) is 5.66. The van der Waals surface area contributed by atoms with Crippen molar-refractivity contribution in [1.29, 1.82) is 0 Å². The van der Waals surface area contributed by atoms with Crippen LogP contribution in [-0.4, -0.2) is 86.2 Å². The van der Waals surface area contributed by atoms with Crippen LogP contribution in [0.25, 0.3) is 0 Å². The minimum absolute atomic E-state index is 0.0804. The summed E-state index contributed by atoms with van der Waals surface area (Å²) >= 11 is 6.18. The van der Waals surface area contributed by atoms with Crippen molar-refractivity contribution < 1.29 is 14.3 Å². The smallest absolute Gasteiger partial charge is 0.270 e. The first-order chi connectivity index (χ1) is 17.0. The van der Waals surface area contributed by atoms with Crippen LogP contribution in [0.15, 0.2) is 30.5 Å². The zero-order valence-corrected chi connectivity index (χ0v) is 21.1. The number of aromatic nitrogens is 2. The lowest BCUT2D eigenvalue weighted by Gasteiger charge is -2.36. The number of benzene rings is 1. The van der Waals surface area contributed by atoms with Gasteiger partial charge in [0.1, 0.15) is 11.4 Å². The third-order valence-corrected chi connectivity index (χ3v) is 5.89. The molecule has 1 aliphatic rings. The average molecular weight is 504 g/mol. The van der Waals surface area contributed by atoms with E-state index in [4.69, 9.17) is 16.3 Å². The fourth-order valence-electron chi connectivity index (χ4n) is 3.77. The molecule has 0 aliphatic carbocycles. The Labute approximate surface area is 211 Å². The summed E-state index contributed by atoms with van der Waals surface area (Å²) in [5.41, 5.74) is 1.25. The van der Waals surface area contributed by atoms with Crippen molar-refractivity contribution in [1.82, 2.24) is 25.5 Å². The zero-order valence-electron chi connectivity index (χ0n) is 20.3. The first-order valence-electron chi connectivity index (χ1n) is 11.9. The summed E-state index contributed by atoms with van der Waals surface area (Å²) in [6, 6.07) is 7.22. The van der Waals surface area contributed by atoms with Crippen molar-refractivity contribution in [3.8, 4) is 5.75 Å². The number of nitrogens with zero attached hydrogens (tertiary/aromatic N) is 4. The number of carbonyl (C=O) groups is 2. The number of anilines is 2. The van der Waals surface area contributed by atoms with E-state index < -0.39 is 5.91 Å². The Morgan fingerprint density at radius 2 is 1.91 bits per heavy atom. The number of rotatable bonds is 12. The van der Waals surface area contributed by atoms with Gasteiger partial charge in [0.05, 0.1) is 19.3 Å². The van der Waals surface area contributed by atoms with E-state index in [1.165, 1.54) is 12.3 Å². The van der Waals surface area contributed by atoms with Crippen LogP contribution in [0.4, 0.5) is 11.6 Å². The molecule has 0 atom stereocenters. The van der Waals surface area contributed by atoms with Crippen LogP contribution in [0, 0.1) is 0 Å². The summed E-state index contributed by atoms with van der Waals surface area (Å²) in [7, 11) is 1.68. The Morgan fingerprint density at radius 3 is 2.66 bits per heavy atom. The molecule has 11 heteroatoms. The Bertz CT molecular complexity index is 983. The van der Waals surface area contributed by atoms with E-state index in [0.717, 1.165) is 57.0 Å². The molecule has 2 amide bonds. The summed E-state index contributed by atoms with van der Waals surface area (Å²) in [5.74, 6) is 0.602. The van der Waals surface area contributed by atoms with Gasteiger partial charge in [-0.1, -0.05) is 18.5 Å². The largest absolute Gasteiger partial charge is 0.495 e. The highest BCUT2D eigenvalue weighted by molar-refractivity contribution is 6.30. The van der Waals surface area contributed by atoms with Crippen molar-refractivity contribution in [2.45, 2.75) is 19.8 Å². The molecule has 10 nitrogen and oxygen atoms in total. The van der Waals surface area contributed by atoms with Gasteiger partial charge in [-0.15, -0.1) is 0 Å². The average Bonchev–Trinajstić information content (AvgIpc) is 2.89. The molecule has 0 unspecified atom stereocenters. The lowest BCUT2D eigenvalue weighted by atomic mass is 10.2. The Kier molecular flexibility index (Phi) is 10.4. The maximum atomic E-state index is 12.3. The van der Waals surface area contributed by atoms with Gasteiger partial charge in [0.15, 0.2) is 0 Å². The van der Waals surface area contributed by atoms with E-state index in [1.54, 1.807) is 7.11 Å². The van der Waals surface area contributed by atoms with Crippen LogP contribution in [-0.2, 0) is 4.79 Å². The molecule has 2 heterocycles. The second-order valence-corrected chi connectivity index (χ2v) is 8.66. The number of carbonyl (C=O) groups excluding carboxylic acids is 2. The molecule has 190 valence electrons. The number of hydrogen-bond donors (Lipinski definition) is 3. The molecule has 2 aromatic rings. The highest BCUT2D eigenvalue weighted by Crippen LogP contribution is 2.31. The Morgan fingerprint density at radius 1 is 1.11 bits per heavy atom. The molecule has 1 aromatic carbocycles. The Balaban J connectivity index is 1.37. The predicted molar refractivity (Wildman–Crippen MR) is 137 cm³/mol. The van der Waals surface area contributed by atoms with Crippen molar-refractivity contribution in [3.63, 3.8) is 0 Å². The molecule has 0 saturated carbocycles. The number of hydrogen-bond acceptors (Lipinski definition) is 8. The number of amides is 2. The van der Waals surface area contributed by atoms with Gasteiger partial charge in [-0.05, 0) is 43.7 Å². The van der Waals surface area contributed by atoms with Gasteiger partial charge in [0.2, 0.25) is 11.9 Å². The zero-order chi connectivity index (χ0) is 25.0. The second kappa shape index (κ2) is 13.7. The van der Waals surface area contributed by atoms with Crippen molar-refractivity contribution in [2.75, 3.05) is 69.7 Å². The molecule has 3 N–H and O–H groups in total. The van der Waals surface area contributed by atoms with E-state index in [0.29, 0.717) is 24.1 Å². The minimum Gasteiger partial charge on any atom is -0.495 e. The van der Waals surface area contributed by atoms with Gasteiger partial charge in [-0.3, -0.25) is 14.5 Å². The third kappa shape index (κ3) is 8.25. The van der Waals surface area contributed by atoms with Gasteiger partial charge in [0, 0.05) is 50.5 Å². The first kappa shape index (κ1) is 26.5.